The molecule has 1 aromatic rings. The summed E-state index contributed by atoms with van der Waals surface area (Å²) in [4.78, 5) is 0. The van der Waals surface area contributed by atoms with Gasteiger partial charge in [0, 0.05) is 4.47 Å². The van der Waals surface area contributed by atoms with E-state index in [1.807, 2.05) is 12.1 Å². The highest BCUT2D eigenvalue weighted by atomic mass is 79.9. The SMILES string of the molecule is O=S(F)(F)=NCCc1ccc(Br)cc1. The summed E-state index contributed by atoms with van der Waals surface area (Å²) in [6, 6.07) is 7.24. The molecular weight excluding hydrogens is 276 g/mol. The maximum atomic E-state index is 11.8. The van der Waals surface area contributed by atoms with Gasteiger partial charge in [-0.25, -0.2) is 0 Å². The molecule has 2 nitrogen and oxygen atoms in total. The van der Waals surface area contributed by atoms with Gasteiger partial charge < -0.3 is 0 Å². The lowest BCUT2D eigenvalue weighted by Gasteiger charge is -1.97. The molecule has 0 aliphatic heterocycles. The Morgan fingerprint density at radius 3 is 2.36 bits per heavy atom. The molecule has 0 aromatic heterocycles. The van der Waals surface area contributed by atoms with Gasteiger partial charge in [0.15, 0.2) is 0 Å². The van der Waals surface area contributed by atoms with Crippen LogP contribution in [0.2, 0.25) is 0 Å². The van der Waals surface area contributed by atoms with Crippen molar-refractivity contribution in [2.24, 2.45) is 4.36 Å². The number of benzene rings is 1. The molecule has 0 spiro atoms. The maximum absolute atomic E-state index is 11.8. The van der Waals surface area contributed by atoms with Crippen molar-refractivity contribution in [3.8, 4) is 0 Å². The third-order valence-corrected chi connectivity index (χ3v) is 2.57. The van der Waals surface area contributed by atoms with Crippen LogP contribution in [0.1, 0.15) is 5.56 Å². The van der Waals surface area contributed by atoms with E-state index in [9.17, 15) is 12.0 Å². The molecule has 0 saturated carbocycles. The molecule has 0 saturated heterocycles. The van der Waals surface area contributed by atoms with Gasteiger partial charge in [-0.15, -0.1) is 0 Å². The minimum Gasteiger partial charge on any atom is -0.182 e. The predicted octanol–water partition coefficient (Wildman–Crippen LogP) is 3.23. The van der Waals surface area contributed by atoms with Crippen molar-refractivity contribution >= 4 is 26.4 Å². The Balaban J connectivity index is 2.55. The minimum absolute atomic E-state index is 0.118. The van der Waals surface area contributed by atoms with Crippen LogP contribution < -0.4 is 0 Å². The summed E-state index contributed by atoms with van der Waals surface area (Å²) in [5.74, 6) is 0. The average molecular weight is 284 g/mol. The lowest BCUT2D eigenvalue weighted by atomic mass is 10.2. The van der Waals surface area contributed by atoms with Crippen molar-refractivity contribution in [3.05, 3.63) is 34.3 Å². The third-order valence-electron chi connectivity index (χ3n) is 1.56. The van der Waals surface area contributed by atoms with E-state index in [1.54, 1.807) is 12.1 Å². The number of rotatable bonds is 3. The van der Waals surface area contributed by atoms with Crippen LogP contribution in [0.3, 0.4) is 0 Å². The number of hydrogen-bond acceptors (Lipinski definition) is 2. The fourth-order valence-electron chi connectivity index (χ4n) is 0.932. The first-order valence-corrected chi connectivity index (χ1v) is 5.95. The molecule has 0 N–H and O–H groups in total. The molecule has 0 aliphatic carbocycles. The Hall–Kier alpha value is -0.490. The second kappa shape index (κ2) is 4.84. The molecule has 0 heterocycles. The van der Waals surface area contributed by atoms with Crippen LogP contribution in [0.5, 0.6) is 0 Å². The zero-order chi connectivity index (χ0) is 10.6. The van der Waals surface area contributed by atoms with E-state index in [4.69, 9.17) is 0 Å². The molecule has 0 unspecified atom stereocenters. The van der Waals surface area contributed by atoms with E-state index in [-0.39, 0.29) is 6.54 Å². The van der Waals surface area contributed by atoms with E-state index in [2.05, 4.69) is 20.3 Å². The molecule has 0 amide bonds. The lowest BCUT2D eigenvalue weighted by molar-refractivity contribution is 0.584. The molecular formula is C8H8BrF2NOS. The molecule has 1 aromatic carbocycles. The summed E-state index contributed by atoms with van der Waals surface area (Å²) in [5, 5.41) is 0. The number of halogens is 3. The average Bonchev–Trinajstić information content (AvgIpc) is 2.06. The largest absolute Gasteiger partial charge is 0.366 e. The highest BCUT2D eigenvalue weighted by Crippen LogP contribution is 2.11. The molecule has 0 aliphatic rings. The van der Waals surface area contributed by atoms with Crippen molar-refractivity contribution in [2.75, 3.05) is 6.54 Å². The summed E-state index contributed by atoms with van der Waals surface area (Å²) in [5.41, 5.74) is 0.889. The van der Waals surface area contributed by atoms with Gasteiger partial charge in [-0.2, -0.15) is 8.57 Å². The second-order valence-corrected chi connectivity index (χ2v) is 4.59. The quantitative estimate of drug-likeness (QED) is 0.783. The van der Waals surface area contributed by atoms with Gasteiger partial charge in [0.1, 0.15) is 0 Å². The summed E-state index contributed by atoms with van der Waals surface area (Å²) in [6.45, 7) is -0.118. The molecule has 0 bridgehead atoms. The van der Waals surface area contributed by atoms with Gasteiger partial charge in [-0.05, 0) is 24.1 Å². The molecule has 1 rings (SSSR count). The fourth-order valence-corrected chi connectivity index (χ4v) is 1.50. The van der Waals surface area contributed by atoms with Crippen molar-refractivity contribution in [2.45, 2.75) is 6.42 Å². The van der Waals surface area contributed by atoms with Crippen molar-refractivity contribution < 1.29 is 12.0 Å². The zero-order valence-electron chi connectivity index (χ0n) is 7.12. The first kappa shape index (κ1) is 11.6. The smallest absolute Gasteiger partial charge is 0.182 e. The lowest BCUT2D eigenvalue weighted by Crippen LogP contribution is -1.91. The van der Waals surface area contributed by atoms with E-state index in [1.165, 1.54) is 0 Å². The van der Waals surface area contributed by atoms with Gasteiger partial charge >= 0.3 is 10.5 Å². The number of nitrogens with zero attached hydrogens (tertiary/aromatic N) is 1. The van der Waals surface area contributed by atoms with Gasteiger partial charge in [0.2, 0.25) is 0 Å². The third kappa shape index (κ3) is 4.66. The Bertz CT molecular complexity index is 404. The number of hydrogen-bond donors (Lipinski definition) is 0. The monoisotopic (exact) mass is 283 g/mol. The fraction of sp³-hybridized carbons (Fsp3) is 0.250. The highest BCUT2D eigenvalue weighted by Gasteiger charge is 1.99. The van der Waals surface area contributed by atoms with Gasteiger partial charge in [-0.3, -0.25) is 0 Å². The van der Waals surface area contributed by atoms with E-state index in [0.717, 1.165) is 10.0 Å². The topological polar surface area (TPSA) is 29.4 Å². The molecule has 14 heavy (non-hydrogen) atoms. The highest BCUT2D eigenvalue weighted by molar-refractivity contribution is 9.10. The standard InChI is InChI=1S/C8H8BrF2NOS/c9-8-3-1-7(2-4-8)5-6-12-14(10,11)13/h1-4H,5-6H2. The first-order chi connectivity index (χ1) is 6.47. The van der Waals surface area contributed by atoms with E-state index >= 15 is 0 Å². The maximum Gasteiger partial charge on any atom is 0.366 e. The summed E-state index contributed by atoms with van der Waals surface area (Å²) in [6.07, 6.45) is 0.373. The van der Waals surface area contributed by atoms with Crippen LogP contribution in [0.15, 0.2) is 33.1 Å². The van der Waals surface area contributed by atoms with Gasteiger partial charge in [-0.1, -0.05) is 35.8 Å². The molecule has 78 valence electrons. The molecule has 6 heteroatoms. The Morgan fingerprint density at radius 2 is 1.86 bits per heavy atom. The Labute approximate surface area is 90.2 Å². The summed E-state index contributed by atoms with van der Waals surface area (Å²) < 4.78 is 37.3. The first-order valence-electron chi connectivity index (χ1n) is 3.84. The summed E-state index contributed by atoms with van der Waals surface area (Å²) in [7, 11) is -4.94. The second-order valence-electron chi connectivity index (χ2n) is 2.63. The van der Waals surface area contributed by atoms with Crippen molar-refractivity contribution in [1.29, 1.82) is 0 Å². The van der Waals surface area contributed by atoms with Crippen LogP contribution >= 0.6 is 15.9 Å². The Kier molecular flexibility index (Phi) is 4.00. The van der Waals surface area contributed by atoms with Crippen LogP contribution in [0, 0.1) is 0 Å². The zero-order valence-corrected chi connectivity index (χ0v) is 9.52. The Morgan fingerprint density at radius 1 is 1.29 bits per heavy atom. The minimum atomic E-state index is -4.94. The van der Waals surface area contributed by atoms with Gasteiger partial charge in [0.25, 0.3) is 0 Å². The van der Waals surface area contributed by atoms with Crippen LogP contribution in [0.25, 0.3) is 0 Å². The molecule has 0 fully saturated rings. The predicted molar refractivity (Wildman–Crippen MR) is 55.5 cm³/mol. The van der Waals surface area contributed by atoms with Gasteiger partial charge in [0.05, 0.1) is 6.54 Å². The van der Waals surface area contributed by atoms with Crippen LogP contribution in [-0.2, 0) is 16.9 Å². The van der Waals surface area contributed by atoms with E-state index < -0.39 is 10.5 Å². The van der Waals surface area contributed by atoms with Crippen molar-refractivity contribution in [3.63, 3.8) is 0 Å². The summed E-state index contributed by atoms with van der Waals surface area (Å²) >= 11 is 3.26. The van der Waals surface area contributed by atoms with Crippen LogP contribution in [-0.4, -0.2) is 10.8 Å². The van der Waals surface area contributed by atoms with Crippen molar-refractivity contribution in [1.82, 2.24) is 0 Å². The van der Waals surface area contributed by atoms with E-state index in [0.29, 0.717) is 6.42 Å². The molecule has 0 atom stereocenters. The van der Waals surface area contributed by atoms with Crippen LogP contribution in [0.4, 0.5) is 7.77 Å². The normalized spacial score (nSPS) is 11.4. The molecule has 0 radical (unpaired) electrons.